The summed E-state index contributed by atoms with van der Waals surface area (Å²) >= 11 is 0. The molecule has 28 heavy (non-hydrogen) atoms. The molecular weight excluding hydrogens is 369 g/mol. The molecule has 0 amide bonds. The molecule has 1 aliphatic carbocycles. The maximum absolute atomic E-state index is 13.7. The van der Waals surface area contributed by atoms with Crippen molar-refractivity contribution in [2.24, 2.45) is 5.16 Å². The highest BCUT2D eigenvalue weighted by Gasteiger charge is 2.30. The summed E-state index contributed by atoms with van der Waals surface area (Å²) in [5.74, 6) is -0.760. The van der Waals surface area contributed by atoms with Crippen LogP contribution in [0.25, 0.3) is 0 Å². The Kier molecular flexibility index (Phi) is 5.93. The van der Waals surface area contributed by atoms with Gasteiger partial charge in [0, 0.05) is 23.1 Å². The van der Waals surface area contributed by atoms with E-state index in [1.165, 1.54) is 18.2 Å². The van der Waals surface area contributed by atoms with Gasteiger partial charge in [0.25, 0.3) is 11.4 Å². The zero-order valence-electron chi connectivity index (χ0n) is 14.9. The topological polar surface area (TPSA) is 108 Å². The molecule has 0 bridgehead atoms. The normalized spacial score (nSPS) is 18.0. The molecule has 8 nitrogen and oxygen atoms in total. The highest BCUT2D eigenvalue weighted by Crippen LogP contribution is 2.37. The van der Waals surface area contributed by atoms with Gasteiger partial charge in [-0.15, -0.1) is 0 Å². The molecule has 0 spiro atoms. The summed E-state index contributed by atoms with van der Waals surface area (Å²) in [5, 5.41) is 26.5. The largest absolute Gasteiger partial charge is 0.391 e. The number of rotatable bonds is 6. The van der Waals surface area contributed by atoms with E-state index in [2.05, 4.69) is 5.16 Å². The summed E-state index contributed by atoms with van der Waals surface area (Å²) in [4.78, 5) is 26.4. The van der Waals surface area contributed by atoms with E-state index in [-0.39, 0.29) is 23.9 Å². The predicted octanol–water partition coefficient (Wildman–Crippen LogP) is 4.87. The van der Waals surface area contributed by atoms with Gasteiger partial charge >= 0.3 is 0 Å². The monoisotopic (exact) mass is 387 g/mol. The highest BCUT2D eigenvalue weighted by atomic mass is 19.1. The van der Waals surface area contributed by atoms with Crippen LogP contribution in [0.15, 0.2) is 47.6 Å². The lowest BCUT2D eigenvalue weighted by molar-refractivity contribution is -0.394. The minimum atomic E-state index is -0.663. The number of halogens is 1. The first kappa shape index (κ1) is 19.4. The van der Waals surface area contributed by atoms with E-state index in [0.29, 0.717) is 29.7 Å². The Morgan fingerprint density at radius 3 is 2.61 bits per heavy atom. The van der Waals surface area contributed by atoms with Crippen LogP contribution < -0.4 is 0 Å². The van der Waals surface area contributed by atoms with Crippen molar-refractivity contribution in [1.29, 1.82) is 0 Å². The molecule has 0 radical (unpaired) electrons. The zero-order chi connectivity index (χ0) is 20.1. The first-order valence-electron chi connectivity index (χ1n) is 8.82. The lowest BCUT2D eigenvalue weighted by atomic mass is 9.81. The van der Waals surface area contributed by atoms with Gasteiger partial charge in [0.1, 0.15) is 12.4 Å². The van der Waals surface area contributed by atoms with Gasteiger partial charge in [0.15, 0.2) is 0 Å². The van der Waals surface area contributed by atoms with Crippen molar-refractivity contribution >= 4 is 17.1 Å². The summed E-state index contributed by atoms with van der Waals surface area (Å²) in [7, 11) is 0. The molecule has 0 heterocycles. The number of nitrogens with zero attached hydrogens (tertiary/aromatic N) is 3. The summed E-state index contributed by atoms with van der Waals surface area (Å²) in [5.41, 5.74) is 0.729. The molecule has 2 aromatic carbocycles. The van der Waals surface area contributed by atoms with E-state index in [9.17, 15) is 24.6 Å². The lowest BCUT2D eigenvalue weighted by Crippen LogP contribution is -2.19. The quantitative estimate of drug-likeness (QED) is 0.519. The van der Waals surface area contributed by atoms with E-state index in [1.54, 1.807) is 18.2 Å². The second kappa shape index (κ2) is 8.55. The standard InChI is InChI=1S/C19H18FN3O5/c20-17-7-3-1-5-13(17)12-28-21-18-8-4-2-6-15(18)16-10-9-14(22(24)25)11-19(16)23(26)27/h1,3,5,7,9-11,15H,2,4,6,8,12H2. The fourth-order valence-corrected chi connectivity index (χ4v) is 3.34. The van der Waals surface area contributed by atoms with Gasteiger partial charge < -0.3 is 4.84 Å². The summed E-state index contributed by atoms with van der Waals surface area (Å²) in [6.45, 7) is -0.0503. The summed E-state index contributed by atoms with van der Waals surface area (Å²) in [6.07, 6.45) is 2.93. The minimum Gasteiger partial charge on any atom is -0.391 e. The van der Waals surface area contributed by atoms with E-state index in [0.717, 1.165) is 18.9 Å². The number of hydrogen-bond acceptors (Lipinski definition) is 6. The van der Waals surface area contributed by atoms with Gasteiger partial charge in [-0.1, -0.05) is 29.8 Å². The third-order valence-electron chi connectivity index (χ3n) is 4.73. The van der Waals surface area contributed by atoms with Crippen molar-refractivity contribution in [2.75, 3.05) is 0 Å². The van der Waals surface area contributed by atoms with Crippen LogP contribution in [0.3, 0.4) is 0 Å². The molecule has 1 saturated carbocycles. The Bertz CT molecular complexity index is 932. The van der Waals surface area contributed by atoms with Crippen LogP contribution in [0, 0.1) is 26.0 Å². The number of nitro benzene ring substituents is 2. The molecule has 9 heteroatoms. The first-order valence-corrected chi connectivity index (χ1v) is 8.82. The van der Waals surface area contributed by atoms with E-state index in [1.807, 2.05) is 0 Å². The predicted molar refractivity (Wildman–Crippen MR) is 99.6 cm³/mol. The van der Waals surface area contributed by atoms with Crippen molar-refractivity contribution in [3.63, 3.8) is 0 Å². The average Bonchev–Trinajstić information content (AvgIpc) is 2.69. The molecule has 2 aromatic rings. The van der Waals surface area contributed by atoms with Crippen molar-refractivity contribution in [3.8, 4) is 0 Å². The number of nitro groups is 2. The molecule has 0 saturated heterocycles. The van der Waals surface area contributed by atoms with Gasteiger partial charge in [-0.3, -0.25) is 20.2 Å². The van der Waals surface area contributed by atoms with Gasteiger partial charge in [-0.25, -0.2) is 4.39 Å². The SMILES string of the molecule is O=[N+]([O-])c1ccc(C2CCCCC2=NOCc2ccccc2F)c([N+](=O)[O-])c1. The Balaban J connectivity index is 1.86. The van der Waals surface area contributed by atoms with Gasteiger partial charge in [0.2, 0.25) is 0 Å². The fourth-order valence-electron chi connectivity index (χ4n) is 3.34. The molecule has 1 atom stereocenters. The third-order valence-corrected chi connectivity index (χ3v) is 4.73. The van der Waals surface area contributed by atoms with Crippen LogP contribution in [0.2, 0.25) is 0 Å². The molecule has 0 N–H and O–H groups in total. The summed E-state index contributed by atoms with van der Waals surface area (Å²) in [6, 6.07) is 9.84. The minimum absolute atomic E-state index is 0.0503. The van der Waals surface area contributed by atoms with Crippen LogP contribution in [0.1, 0.15) is 42.7 Å². The number of non-ortho nitro benzene ring substituents is 1. The smallest absolute Gasteiger partial charge is 0.280 e. The van der Waals surface area contributed by atoms with Crippen LogP contribution >= 0.6 is 0 Å². The Labute approximate surface area is 159 Å². The van der Waals surface area contributed by atoms with Crippen molar-refractivity contribution in [1.82, 2.24) is 0 Å². The maximum Gasteiger partial charge on any atom is 0.280 e. The molecule has 0 aliphatic heterocycles. The van der Waals surface area contributed by atoms with Crippen molar-refractivity contribution in [3.05, 3.63) is 79.6 Å². The second-order valence-corrected chi connectivity index (χ2v) is 6.50. The molecule has 0 aromatic heterocycles. The Morgan fingerprint density at radius 1 is 1.11 bits per heavy atom. The van der Waals surface area contributed by atoms with Crippen LogP contribution in [-0.2, 0) is 11.4 Å². The Hall–Kier alpha value is -3.36. The third kappa shape index (κ3) is 4.30. The fraction of sp³-hybridized carbons (Fsp3) is 0.316. The van der Waals surface area contributed by atoms with Crippen LogP contribution in [-0.4, -0.2) is 15.6 Å². The zero-order valence-corrected chi connectivity index (χ0v) is 14.9. The first-order chi connectivity index (χ1) is 13.5. The average molecular weight is 387 g/mol. The van der Waals surface area contributed by atoms with E-state index >= 15 is 0 Å². The molecular formula is C19H18FN3O5. The molecule has 1 fully saturated rings. The molecule has 1 aliphatic rings. The van der Waals surface area contributed by atoms with Crippen molar-refractivity contribution < 1.29 is 19.1 Å². The number of oxime groups is 1. The lowest BCUT2D eigenvalue weighted by Gasteiger charge is -2.23. The molecule has 146 valence electrons. The number of benzene rings is 2. The number of hydrogen-bond donors (Lipinski definition) is 0. The molecule has 3 rings (SSSR count). The van der Waals surface area contributed by atoms with Gasteiger partial charge in [-0.05, 0) is 31.4 Å². The van der Waals surface area contributed by atoms with Crippen molar-refractivity contribution in [2.45, 2.75) is 38.2 Å². The second-order valence-electron chi connectivity index (χ2n) is 6.50. The summed E-state index contributed by atoms with van der Waals surface area (Å²) < 4.78 is 13.7. The van der Waals surface area contributed by atoms with Crippen LogP contribution in [0.5, 0.6) is 0 Å². The molecule has 1 unspecified atom stereocenters. The van der Waals surface area contributed by atoms with Crippen LogP contribution in [0.4, 0.5) is 15.8 Å². The van der Waals surface area contributed by atoms with Gasteiger partial charge in [0.05, 0.1) is 21.6 Å². The Morgan fingerprint density at radius 2 is 1.89 bits per heavy atom. The van der Waals surface area contributed by atoms with E-state index in [4.69, 9.17) is 4.84 Å². The highest BCUT2D eigenvalue weighted by molar-refractivity contribution is 5.92. The van der Waals surface area contributed by atoms with Gasteiger partial charge in [-0.2, -0.15) is 0 Å². The maximum atomic E-state index is 13.7. The van der Waals surface area contributed by atoms with E-state index < -0.39 is 15.7 Å².